The molecule has 0 radical (unpaired) electrons. The van der Waals surface area contributed by atoms with Crippen LogP contribution in [0.25, 0.3) is 0 Å². The second-order valence-electron chi connectivity index (χ2n) is 9.28. The molecule has 0 aromatic rings. The van der Waals surface area contributed by atoms with E-state index in [1.807, 2.05) is 0 Å². The van der Waals surface area contributed by atoms with Crippen molar-refractivity contribution in [3.05, 3.63) is 0 Å². The third-order valence-corrected chi connectivity index (χ3v) is 8.94. The summed E-state index contributed by atoms with van der Waals surface area (Å²) in [6.07, 6.45) is 24.1. The lowest BCUT2D eigenvalue weighted by atomic mass is 10.2. The van der Waals surface area contributed by atoms with Crippen molar-refractivity contribution >= 4 is 8.80 Å². The zero-order valence-corrected chi connectivity index (χ0v) is 23.0. The van der Waals surface area contributed by atoms with Gasteiger partial charge in [0.1, 0.15) is 0 Å². The molecule has 31 heavy (non-hydrogen) atoms. The van der Waals surface area contributed by atoms with Crippen molar-refractivity contribution in [1.82, 2.24) is 0 Å². The van der Waals surface area contributed by atoms with Crippen LogP contribution in [0.4, 0.5) is 0 Å². The molecule has 0 amide bonds. The molecule has 4 heteroatoms. The number of rotatable bonds is 26. The van der Waals surface area contributed by atoms with Gasteiger partial charge in [-0.3, -0.25) is 0 Å². The van der Waals surface area contributed by atoms with E-state index in [-0.39, 0.29) is 0 Å². The summed E-state index contributed by atoms with van der Waals surface area (Å²) in [6.45, 7) is 11.5. The third-order valence-electron chi connectivity index (χ3n) is 6.05. The lowest BCUT2D eigenvalue weighted by Crippen LogP contribution is -2.46. The molecule has 0 aliphatic rings. The zero-order chi connectivity index (χ0) is 22.9. The molecule has 0 spiro atoms. The fourth-order valence-electron chi connectivity index (χ4n) is 3.91. The molecule has 0 N–H and O–H groups in total. The van der Waals surface area contributed by atoms with Gasteiger partial charge in [0.2, 0.25) is 0 Å². The van der Waals surface area contributed by atoms with Crippen LogP contribution < -0.4 is 0 Å². The Morgan fingerprint density at radius 2 is 0.645 bits per heavy atom. The lowest BCUT2D eigenvalue weighted by molar-refractivity contribution is 0.0546. The second-order valence-corrected chi connectivity index (χ2v) is 12.0. The first kappa shape index (κ1) is 31.1. The Hall–Kier alpha value is 0.0969. The van der Waals surface area contributed by atoms with Gasteiger partial charge in [-0.15, -0.1) is 0 Å². The number of unbranched alkanes of at least 4 members (excludes halogenated alkanes) is 15. The molecule has 0 aromatic heterocycles. The average molecular weight is 459 g/mol. The van der Waals surface area contributed by atoms with Gasteiger partial charge in [0.15, 0.2) is 0 Å². The SMILES string of the molecule is CCCCCCCO[Si](CCCCCC)(OCCCCCCC)OCCCCCCC. The predicted molar refractivity (Wildman–Crippen MR) is 139 cm³/mol. The van der Waals surface area contributed by atoms with E-state index in [4.69, 9.17) is 13.3 Å². The summed E-state index contributed by atoms with van der Waals surface area (Å²) in [6, 6.07) is 1.01. The van der Waals surface area contributed by atoms with Crippen molar-refractivity contribution in [3.63, 3.8) is 0 Å². The largest absolute Gasteiger partial charge is 0.500 e. The first-order valence-electron chi connectivity index (χ1n) is 14.2. The molecule has 188 valence electrons. The smallest absolute Gasteiger partial charge is 0.373 e. The minimum Gasteiger partial charge on any atom is -0.373 e. The molecular formula is C27H58O3Si. The maximum Gasteiger partial charge on any atom is 0.500 e. The van der Waals surface area contributed by atoms with Crippen LogP contribution >= 0.6 is 0 Å². The molecule has 0 rings (SSSR count). The van der Waals surface area contributed by atoms with Crippen molar-refractivity contribution in [2.45, 2.75) is 156 Å². The first-order valence-corrected chi connectivity index (χ1v) is 16.1. The first-order chi connectivity index (χ1) is 15.2. The van der Waals surface area contributed by atoms with Crippen LogP contribution in [0, 0.1) is 0 Å². The van der Waals surface area contributed by atoms with E-state index in [1.54, 1.807) is 0 Å². The molecule has 0 aromatic carbocycles. The Kier molecular flexibility index (Phi) is 24.8. The second kappa shape index (κ2) is 24.7. The van der Waals surface area contributed by atoms with E-state index in [0.717, 1.165) is 45.1 Å². The molecule has 0 unspecified atom stereocenters. The van der Waals surface area contributed by atoms with Crippen LogP contribution in [0.3, 0.4) is 0 Å². The van der Waals surface area contributed by atoms with Crippen molar-refractivity contribution in [3.8, 4) is 0 Å². The predicted octanol–water partition coefficient (Wildman–Crippen LogP) is 9.47. The van der Waals surface area contributed by atoms with E-state index in [9.17, 15) is 0 Å². The summed E-state index contributed by atoms with van der Waals surface area (Å²) < 4.78 is 19.6. The van der Waals surface area contributed by atoms with Crippen LogP contribution in [-0.4, -0.2) is 28.6 Å². The van der Waals surface area contributed by atoms with Crippen molar-refractivity contribution in [2.24, 2.45) is 0 Å². The van der Waals surface area contributed by atoms with Crippen LogP contribution in [0.15, 0.2) is 0 Å². The molecular weight excluding hydrogens is 400 g/mol. The van der Waals surface area contributed by atoms with Crippen LogP contribution in [0.1, 0.15) is 150 Å². The number of hydrogen-bond acceptors (Lipinski definition) is 3. The molecule has 0 saturated heterocycles. The van der Waals surface area contributed by atoms with Crippen LogP contribution in [0.5, 0.6) is 0 Å². The van der Waals surface area contributed by atoms with E-state index in [0.29, 0.717) is 0 Å². The highest BCUT2D eigenvalue weighted by Crippen LogP contribution is 2.23. The molecule has 0 heterocycles. The third kappa shape index (κ3) is 20.4. The maximum atomic E-state index is 6.54. The van der Waals surface area contributed by atoms with E-state index in [1.165, 1.54) is 103 Å². The van der Waals surface area contributed by atoms with Gasteiger partial charge in [0, 0.05) is 25.9 Å². The van der Waals surface area contributed by atoms with E-state index >= 15 is 0 Å². The van der Waals surface area contributed by atoms with Crippen LogP contribution in [-0.2, 0) is 13.3 Å². The Balaban J connectivity index is 4.68. The minimum absolute atomic E-state index is 0.815. The molecule has 0 fully saturated rings. The maximum absolute atomic E-state index is 6.54. The summed E-state index contributed by atoms with van der Waals surface area (Å²) in [4.78, 5) is 0. The van der Waals surface area contributed by atoms with Crippen LogP contribution in [0.2, 0.25) is 6.04 Å². The highest BCUT2D eigenvalue weighted by atomic mass is 28.4. The van der Waals surface area contributed by atoms with Gasteiger partial charge < -0.3 is 13.3 Å². The van der Waals surface area contributed by atoms with Gasteiger partial charge in [0.25, 0.3) is 0 Å². The highest BCUT2D eigenvalue weighted by Gasteiger charge is 2.40. The van der Waals surface area contributed by atoms with Gasteiger partial charge in [-0.2, -0.15) is 0 Å². The summed E-state index contributed by atoms with van der Waals surface area (Å²) >= 11 is 0. The summed E-state index contributed by atoms with van der Waals surface area (Å²) in [5.74, 6) is 0. The fraction of sp³-hybridized carbons (Fsp3) is 1.00. The van der Waals surface area contributed by atoms with Gasteiger partial charge in [0.05, 0.1) is 0 Å². The molecule has 0 aliphatic heterocycles. The monoisotopic (exact) mass is 458 g/mol. The Morgan fingerprint density at radius 3 is 0.968 bits per heavy atom. The van der Waals surface area contributed by atoms with E-state index < -0.39 is 8.80 Å². The van der Waals surface area contributed by atoms with Crippen molar-refractivity contribution in [1.29, 1.82) is 0 Å². The van der Waals surface area contributed by atoms with Gasteiger partial charge in [-0.25, -0.2) is 0 Å². The summed E-state index contributed by atoms with van der Waals surface area (Å²) in [5, 5.41) is 0. The standard InChI is InChI=1S/C27H58O3Si/c1-5-9-13-17-20-24-28-31(27-23-16-12-8-4,29-25-21-18-14-10-6-2)30-26-22-19-15-11-7-3/h5-27H2,1-4H3. The van der Waals surface area contributed by atoms with E-state index in [2.05, 4.69) is 27.7 Å². The fourth-order valence-corrected chi connectivity index (χ4v) is 6.64. The van der Waals surface area contributed by atoms with Gasteiger partial charge >= 0.3 is 8.80 Å². The molecule has 0 bridgehead atoms. The lowest BCUT2D eigenvalue weighted by Gasteiger charge is -2.30. The number of hydrogen-bond donors (Lipinski definition) is 0. The average Bonchev–Trinajstić information content (AvgIpc) is 2.78. The Morgan fingerprint density at radius 1 is 0.355 bits per heavy atom. The molecule has 0 atom stereocenters. The molecule has 3 nitrogen and oxygen atoms in total. The van der Waals surface area contributed by atoms with Crippen molar-refractivity contribution in [2.75, 3.05) is 19.8 Å². The summed E-state index contributed by atoms with van der Waals surface area (Å²) in [7, 11) is -2.55. The quantitative estimate of drug-likeness (QED) is 0.0953. The summed E-state index contributed by atoms with van der Waals surface area (Å²) in [5.41, 5.74) is 0. The zero-order valence-electron chi connectivity index (χ0n) is 22.0. The highest BCUT2D eigenvalue weighted by molar-refractivity contribution is 6.60. The van der Waals surface area contributed by atoms with Crippen molar-refractivity contribution < 1.29 is 13.3 Å². The molecule has 0 aliphatic carbocycles. The van der Waals surface area contributed by atoms with Gasteiger partial charge in [-0.1, -0.05) is 124 Å². The minimum atomic E-state index is -2.55. The normalized spacial score (nSPS) is 12.0. The Labute approximate surface area is 197 Å². The Bertz CT molecular complexity index is 298. The topological polar surface area (TPSA) is 27.7 Å². The van der Waals surface area contributed by atoms with Gasteiger partial charge in [-0.05, 0) is 25.7 Å². The molecule has 0 saturated carbocycles.